The Labute approximate surface area is 359 Å². The highest BCUT2D eigenvalue weighted by Crippen LogP contribution is 2.49. The van der Waals surface area contributed by atoms with Gasteiger partial charge in [0.05, 0.1) is 0 Å². The van der Waals surface area contributed by atoms with Crippen LogP contribution in [0.1, 0.15) is 25.0 Å². The summed E-state index contributed by atoms with van der Waals surface area (Å²) in [6, 6.07) is 70.9. The molecule has 4 nitrogen and oxygen atoms in total. The van der Waals surface area contributed by atoms with Crippen LogP contribution in [0.5, 0.6) is 0 Å². The molecule has 292 valence electrons. The first-order valence-electron chi connectivity index (χ1n) is 21.2. The molecule has 4 heteroatoms. The van der Waals surface area contributed by atoms with Crippen LogP contribution < -0.4 is 0 Å². The van der Waals surface area contributed by atoms with Gasteiger partial charge in [-0.25, -0.2) is 15.0 Å². The fourth-order valence-electron chi connectivity index (χ4n) is 9.49. The third-order valence-corrected chi connectivity index (χ3v) is 12.7. The van der Waals surface area contributed by atoms with Gasteiger partial charge in [0, 0.05) is 32.9 Å². The maximum absolute atomic E-state index is 6.58. The Bertz CT molecular complexity index is 3550. The third kappa shape index (κ3) is 5.95. The lowest BCUT2D eigenvalue weighted by Crippen LogP contribution is -2.15. The maximum atomic E-state index is 6.58. The number of nitrogens with zero attached hydrogens (tertiary/aromatic N) is 3. The van der Waals surface area contributed by atoms with Crippen molar-refractivity contribution in [2.24, 2.45) is 0 Å². The minimum absolute atomic E-state index is 0.149. The predicted octanol–water partition coefficient (Wildman–Crippen LogP) is 15.2. The quantitative estimate of drug-likeness (QED) is 0.168. The predicted molar refractivity (Wildman–Crippen MR) is 255 cm³/mol. The van der Waals surface area contributed by atoms with Gasteiger partial charge >= 0.3 is 0 Å². The normalized spacial score (nSPS) is 12.8. The molecule has 0 saturated carbocycles. The van der Waals surface area contributed by atoms with Gasteiger partial charge < -0.3 is 4.42 Å². The van der Waals surface area contributed by atoms with Crippen LogP contribution in [-0.2, 0) is 5.41 Å². The standard InChI is InChI=1S/C58H39N3O/c1-58(2)50-20-9-8-18-47(50)48-30-29-45(34-51(48)58)57-60-55(59-56(61-57)44-27-24-37-14-6-7-15-40(37)32-44)43-17-10-16-41(33-43)42-28-31-49-53(35-42)62-52-21-11-19-46(54(49)52)39-25-22-38(23-26-39)36-12-4-3-5-13-36/h3-35H,1-2H3. The molecular formula is C58H39N3O. The summed E-state index contributed by atoms with van der Waals surface area (Å²) in [6.45, 7) is 4.61. The number of furan rings is 1. The molecule has 0 radical (unpaired) electrons. The molecule has 2 heterocycles. The highest BCUT2D eigenvalue weighted by atomic mass is 16.3. The van der Waals surface area contributed by atoms with Gasteiger partial charge in [0.2, 0.25) is 0 Å². The molecule has 1 aliphatic carbocycles. The van der Waals surface area contributed by atoms with Gasteiger partial charge in [-0.1, -0.05) is 178 Å². The molecular weight excluding hydrogens is 755 g/mol. The van der Waals surface area contributed by atoms with Crippen molar-refractivity contribution in [3.8, 4) is 78.7 Å². The smallest absolute Gasteiger partial charge is 0.164 e. The molecule has 12 rings (SSSR count). The summed E-state index contributed by atoms with van der Waals surface area (Å²) in [5.74, 6) is 1.90. The summed E-state index contributed by atoms with van der Waals surface area (Å²) in [4.78, 5) is 15.6. The minimum Gasteiger partial charge on any atom is -0.456 e. The number of benzene rings is 9. The van der Waals surface area contributed by atoms with Gasteiger partial charge in [-0.2, -0.15) is 0 Å². The molecule has 62 heavy (non-hydrogen) atoms. The number of fused-ring (bicyclic) bond motifs is 7. The molecule has 11 aromatic rings. The molecule has 0 fully saturated rings. The van der Waals surface area contributed by atoms with E-state index in [1.165, 1.54) is 38.8 Å². The number of hydrogen-bond donors (Lipinski definition) is 0. The monoisotopic (exact) mass is 793 g/mol. The van der Waals surface area contributed by atoms with Crippen LogP contribution >= 0.6 is 0 Å². The van der Waals surface area contributed by atoms with Gasteiger partial charge in [0.25, 0.3) is 0 Å². The fourth-order valence-corrected chi connectivity index (χ4v) is 9.49. The van der Waals surface area contributed by atoms with E-state index in [-0.39, 0.29) is 5.41 Å². The van der Waals surface area contributed by atoms with Crippen LogP contribution in [-0.4, -0.2) is 15.0 Å². The molecule has 0 N–H and O–H groups in total. The average Bonchev–Trinajstić information content (AvgIpc) is 3.82. The molecule has 0 bridgehead atoms. The van der Waals surface area contributed by atoms with Crippen molar-refractivity contribution in [1.29, 1.82) is 0 Å². The molecule has 0 aliphatic heterocycles. The van der Waals surface area contributed by atoms with Crippen LogP contribution in [0.2, 0.25) is 0 Å². The van der Waals surface area contributed by atoms with Crippen LogP contribution in [0.3, 0.4) is 0 Å². The lowest BCUT2D eigenvalue weighted by atomic mass is 9.82. The third-order valence-electron chi connectivity index (χ3n) is 12.7. The first-order chi connectivity index (χ1) is 30.4. The Hall–Kier alpha value is -7.95. The van der Waals surface area contributed by atoms with Crippen LogP contribution in [0.15, 0.2) is 205 Å². The second kappa shape index (κ2) is 14.1. The second-order valence-corrected chi connectivity index (χ2v) is 16.8. The van der Waals surface area contributed by atoms with E-state index in [1.807, 2.05) is 6.07 Å². The van der Waals surface area contributed by atoms with Gasteiger partial charge in [-0.05, 0) is 103 Å². The SMILES string of the molecule is CC1(C)c2ccccc2-c2ccc(-c3nc(-c4cccc(-c5ccc6c(c5)oc5cccc(-c7ccc(-c8ccccc8)cc7)c56)c4)nc(-c4ccc5ccccc5c4)n3)cc21. The molecule has 9 aromatic carbocycles. The summed E-state index contributed by atoms with van der Waals surface area (Å²) in [6.07, 6.45) is 0. The zero-order chi connectivity index (χ0) is 41.4. The number of rotatable bonds is 6. The van der Waals surface area contributed by atoms with E-state index in [1.54, 1.807) is 0 Å². The average molecular weight is 794 g/mol. The fraction of sp³-hybridized carbons (Fsp3) is 0.0517. The van der Waals surface area contributed by atoms with Crippen molar-refractivity contribution in [1.82, 2.24) is 15.0 Å². The first kappa shape index (κ1) is 35.9. The largest absolute Gasteiger partial charge is 0.456 e. The molecule has 1 aliphatic rings. The molecule has 0 spiro atoms. The van der Waals surface area contributed by atoms with Crippen molar-refractivity contribution >= 4 is 32.7 Å². The van der Waals surface area contributed by atoms with Crippen molar-refractivity contribution in [2.75, 3.05) is 0 Å². The summed E-state index contributed by atoms with van der Waals surface area (Å²) in [7, 11) is 0. The van der Waals surface area contributed by atoms with Gasteiger partial charge in [-0.15, -0.1) is 0 Å². The highest BCUT2D eigenvalue weighted by molar-refractivity contribution is 6.13. The lowest BCUT2D eigenvalue weighted by molar-refractivity contribution is 0.660. The Balaban J connectivity index is 0.944. The van der Waals surface area contributed by atoms with E-state index in [0.29, 0.717) is 17.5 Å². The Morgan fingerprint density at radius 2 is 0.887 bits per heavy atom. The minimum atomic E-state index is -0.149. The first-order valence-corrected chi connectivity index (χ1v) is 21.2. The second-order valence-electron chi connectivity index (χ2n) is 16.8. The van der Waals surface area contributed by atoms with Crippen LogP contribution in [0, 0.1) is 0 Å². The van der Waals surface area contributed by atoms with Crippen molar-refractivity contribution < 1.29 is 4.42 Å². The highest BCUT2D eigenvalue weighted by Gasteiger charge is 2.35. The van der Waals surface area contributed by atoms with Gasteiger partial charge in [0.1, 0.15) is 11.2 Å². The number of hydrogen-bond acceptors (Lipinski definition) is 4. The Morgan fingerprint density at radius 3 is 1.71 bits per heavy atom. The van der Waals surface area contributed by atoms with E-state index < -0.39 is 0 Å². The van der Waals surface area contributed by atoms with E-state index in [9.17, 15) is 0 Å². The summed E-state index contributed by atoms with van der Waals surface area (Å²) in [5, 5.41) is 4.52. The lowest BCUT2D eigenvalue weighted by Gasteiger charge is -2.21. The summed E-state index contributed by atoms with van der Waals surface area (Å²) < 4.78 is 6.58. The zero-order valence-corrected chi connectivity index (χ0v) is 34.3. The topological polar surface area (TPSA) is 51.8 Å². The molecule has 0 saturated heterocycles. The van der Waals surface area contributed by atoms with Crippen molar-refractivity contribution in [3.63, 3.8) is 0 Å². The van der Waals surface area contributed by atoms with E-state index in [0.717, 1.165) is 66.3 Å². The Kier molecular flexibility index (Phi) is 8.16. The molecule has 0 amide bonds. The van der Waals surface area contributed by atoms with Gasteiger partial charge in [-0.3, -0.25) is 0 Å². The van der Waals surface area contributed by atoms with Crippen LogP contribution in [0.4, 0.5) is 0 Å². The molecule has 0 atom stereocenters. The van der Waals surface area contributed by atoms with Crippen molar-refractivity contribution in [2.45, 2.75) is 19.3 Å². The van der Waals surface area contributed by atoms with E-state index >= 15 is 0 Å². The Morgan fingerprint density at radius 1 is 0.339 bits per heavy atom. The van der Waals surface area contributed by atoms with Crippen molar-refractivity contribution in [3.05, 3.63) is 211 Å². The van der Waals surface area contributed by atoms with E-state index in [4.69, 9.17) is 19.4 Å². The van der Waals surface area contributed by atoms with Crippen LogP contribution in [0.25, 0.3) is 111 Å². The number of aromatic nitrogens is 3. The maximum Gasteiger partial charge on any atom is 0.164 e. The van der Waals surface area contributed by atoms with E-state index in [2.05, 4.69) is 208 Å². The molecule has 2 aromatic heterocycles. The van der Waals surface area contributed by atoms with Gasteiger partial charge in [0.15, 0.2) is 17.5 Å². The zero-order valence-electron chi connectivity index (χ0n) is 34.3. The molecule has 0 unspecified atom stereocenters. The summed E-state index contributed by atoms with van der Waals surface area (Å²) in [5.41, 5.74) is 16.4. The summed E-state index contributed by atoms with van der Waals surface area (Å²) >= 11 is 0.